The zero-order valence-electron chi connectivity index (χ0n) is 29.3. The molecule has 0 aliphatic carbocycles. The van der Waals surface area contributed by atoms with E-state index in [2.05, 4.69) is 151 Å². The average molecular weight is 683 g/mol. The molecule has 0 unspecified atom stereocenters. The third kappa shape index (κ3) is 4.94. The third-order valence-corrected chi connectivity index (χ3v) is 10.6. The molecule has 0 amide bonds. The van der Waals surface area contributed by atoms with Crippen molar-refractivity contribution in [3.8, 4) is 11.1 Å². The van der Waals surface area contributed by atoms with E-state index in [1.54, 1.807) is 12.4 Å². The Kier molecular flexibility index (Phi) is 7.05. The molecule has 6 nitrogen and oxygen atoms in total. The normalized spacial score (nSPS) is 13.2. The summed E-state index contributed by atoms with van der Waals surface area (Å²) in [6.07, 6.45) is 7.42. The van der Waals surface area contributed by atoms with Crippen molar-refractivity contribution in [2.24, 2.45) is 0 Å². The van der Waals surface area contributed by atoms with Gasteiger partial charge in [-0.1, -0.05) is 98.8 Å². The summed E-state index contributed by atoms with van der Waals surface area (Å²) in [5, 5.41) is 1.85. The van der Waals surface area contributed by atoms with Crippen molar-refractivity contribution in [3.63, 3.8) is 0 Å². The number of nitrogens with zero attached hydrogens (tertiary/aromatic N) is 6. The lowest BCUT2D eigenvalue weighted by molar-refractivity contribution is 0.632. The highest BCUT2D eigenvalue weighted by atomic mass is 15.2. The van der Waals surface area contributed by atoms with Crippen LogP contribution in [0, 0.1) is 0 Å². The summed E-state index contributed by atoms with van der Waals surface area (Å²) in [6.45, 7) is 4.65. The van der Waals surface area contributed by atoms with Gasteiger partial charge in [-0.25, -0.2) is 0 Å². The third-order valence-electron chi connectivity index (χ3n) is 10.6. The van der Waals surface area contributed by atoms with Gasteiger partial charge < -0.3 is 9.80 Å². The second-order valence-corrected chi connectivity index (χ2v) is 14.0. The molecule has 0 radical (unpaired) electrons. The van der Waals surface area contributed by atoms with E-state index < -0.39 is 0 Å². The summed E-state index contributed by atoms with van der Waals surface area (Å²) in [4.78, 5) is 24.6. The molecule has 1 aliphatic rings. The van der Waals surface area contributed by atoms with E-state index in [1.165, 1.54) is 11.1 Å². The van der Waals surface area contributed by atoms with E-state index in [1.807, 2.05) is 30.6 Å². The van der Waals surface area contributed by atoms with E-state index in [4.69, 9.17) is 19.9 Å². The first-order chi connectivity index (χ1) is 26.1. The zero-order valence-corrected chi connectivity index (χ0v) is 29.3. The summed E-state index contributed by atoms with van der Waals surface area (Å²) >= 11 is 0. The van der Waals surface area contributed by atoms with Crippen molar-refractivity contribution in [2.75, 3.05) is 9.80 Å². The molecule has 3 aromatic heterocycles. The van der Waals surface area contributed by atoms with Crippen LogP contribution in [0.25, 0.3) is 44.0 Å². The predicted molar refractivity (Wildman–Crippen MR) is 217 cm³/mol. The Labute approximate surface area is 307 Å². The lowest BCUT2D eigenvalue weighted by Crippen LogP contribution is -2.31. The molecule has 10 rings (SSSR count). The molecule has 6 heteroatoms. The smallest absolute Gasteiger partial charge is 0.0989 e. The van der Waals surface area contributed by atoms with Gasteiger partial charge in [-0.3, -0.25) is 19.9 Å². The largest absolute Gasteiger partial charge is 0.310 e. The van der Waals surface area contributed by atoms with Gasteiger partial charge >= 0.3 is 0 Å². The van der Waals surface area contributed by atoms with Crippen molar-refractivity contribution in [1.82, 2.24) is 19.9 Å². The minimum atomic E-state index is -0.281. The first-order valence-corrected chi connectivity index (χ1v) is 17.9. The molecule has 1 aliphatic heterocycles. The topological polar surface area (TPSA) is 58.0 Å². The number of aromatic nitrogens is 4. The standard InChI is InChI=1S/C47H34N6/c1-47(2)39-20-12-13-21-41(39)53(42-23-22-35(28-40(42)47)52(33-16-8-4-9-17-33)34-18-10-5-11-19-34)36-27-38-44-43(48-24-25-49-44)37-26-32(31-14-6-3-7-15-31)29-50-45(37)46(38)51-30-36/h3-30H,1-2H3. The monoisotopic (exact) mass is 682 g/mol. The van der Waals surface area contributed by atoms with Crippen molar-refractivity contribution in [2.45, 2.75) is 19.3 Å². The van der Waals surface area contributed by atoms with Crippen LogP contribution in [0.3, 0.4) is 0 Å². The van der Waals surface area contributed by atoms with E-state index in [0.717, 1.165) is 78.1 Å². The number of benzene rings is 6. The van der Waals surface area contributed by atoms with Crippen LogP contribution in [0.4, 0.5) is 34.1 Å². The van der Waals surface area contributed by atoms with Gasteiger partial charge in [0.2, 0.25) is 0 Å². The van der Waals surface area contributed by atoms with Gasteiger partial charge in [-0.05, 0) is 77.4 Å². The zero-order chi connectivity index (χ0) is 35.5. The summed E-state index contributed by atoms with van der Waals surface area (Å²) < 4.78 is 0. The van der Waals surface area contributed by atoms with Crippen LogP contribution in [0.1, 0.15) is 25.0 Å². The van der Waals surface area contributed by atoms with Crippen LogP contribution < -0.4 is 9.80 Å². The Morgan fingerprint density at radius 2 is 1.00 bits per heavy atom. The maximum absolute atomic E-state index is 5.16. The maximum Gasteiger partial charge on any atom is 0.0989 e. The highest BCUT2D eigenvalue weighted by Gasteiger charge is 2.37. The Morgan fingerprint density at radius 1 is 0.453 bits per heavy atom. The fourth-order valence-corrected chi connectivity index (χ4v) is 8.01. The first-order valence-electron chi connectivity index (χ1n) is 17.9. The molecule has 0 saturated heterocycles. The molecule has 0 spiro atoms. The van der Waals surface area contributed by atoms with Crippen LogP contribution in [0.15, 0.2) is 170 Å². The number of pyridine rings is 2. The summed E-state index contributed by atoms with van der Waals surface area (Å²) in [7, 11) is 0. The SMILES string of the molecule is CC1(C)c2ccccc2N(c2cnc3c(c2)c2nccnc2c2cc(-c4ccccc4)cnc23)c2ccc(N(c3ccccc3)c3ccccc3)cc21. The van der Waals surface area contributed by atoms with Crippen LogP contribution in [-0.2, 0) is 5.41 Å². The maximum atomic E-state index is 5.16. The van der Waals surface area contributed by atoms with Gasteiger partial charge in [-0.2, -0.15) is 0 Å². The molecule has 6 aromatic carbocycles. The van der Waals surface area contributed by atoms with E-state index in [-0.39, 0.29) is 5.41 Å². The lowest BCUT2D eigenvalue weighted by Gasteiger charge is -2.42. The average Bonchev–Trinajstić information content (AvgIpc) is 3.22. The van der Waals surface area contributed by atoms with Crippen molar-refractivity contribution in [3.05, 3.63) is 182 Å². The molecule has 0 atom stereocenters. The summed E-state index contributed by atoms with van der Waals surface area (Å²) in [5.74, 6) is 0. The number of rotatable bonds is 5. The molecule has 9 aromatic rings. The van der Waals surface area contributed by atoms with Crippen molar-refractivity contribution >= 4 is 67.0 Å². The van der Waals surface area contributed by atoms with Crippen molar-refractivity contribution < 1.29 is 0 Å². The fraction of sp³-hybridized carbons (Fsp3) is 0.0638. The molecular weight excluding hydrogens is 649 g/mol. The number of fused-ring (bicyclic) bond motifs is 8. The minimum Gasteiger partial charge on any atom is -0.310 e. The molecule has 53 heavy (non-hydrogen) atoms. The summed E-state index contributed by atoms with van der Waals surface area (Å²) in [5.41, 5.74) is 14.0. The Bertz CT molecular complexity index is 2760. The second-order valence-electron chi connectivity index (χ2n) is 14.0. The molecule has 0 bridgehead atoms. The number of hydrogen-bond acceptors (Lipinski definition) is 6. The van der Waals surface area contributed by atoms with Gasteiger partial charge in [0.25, 0.3) is 0 Å². The van der Waals surface area contributed by atoms with Gasteiger partial charge in [0.05, 0.1) is 45.3 Å². The summed E-state index contributed by atoms with van der Waals surface area (Å²) in [6, 6.07) is 51.4. The van der Waals surface area contributed by atoms with Gasteiger partial charge in [0.1, 0.15) is 0 Å². The highest BCUT2D eigenvalue weighted by Crippen LogP contribution is 2.53. The Morgan fingerprint density at radius 3 is 1.68 bits per heavy atom. The first kappa shape index (κ1) is 30.9. The molecule has 0 N–H and O–H groups in total. The van der Waals surface area contributed by atoms with Crippen LogP contribution >= 0.6 is 0 Å². The molecule has 0 fully saturated rings. The Balaban J connectivity index is 1.18. The van der Waals surface area contributed by atoms with Gasteiger partial charge in [-0.15, -0.1) is 0 Å². The predicted octanol–water partition coefficient (Wildman–Crippen LogP) is 12.0. The highest BCUT2D eigenvalue weighted by molar-refractivity contribution is 6.21. The molecule has 4 heterocycles. The van der Waals surface area contributed by atoms with Gasteiger partial charge in [0.15, 0.2) is 0 Å². The second kappa shape index (κ2) is 12.1. The fourth-order valence-electron chi connectivity index (χ4n) is 8.01. The van der Waals surface area contributed by atoms with E-state index in [0.29, 0.717) is 0 Å². The lowest BCUT2D eigenvalue weighted by atomic mass is 9.73. The van der Waals surface area contributed by atoms with Crippen molar-refractivity contribution in [1.29, 1.82) is 0 Å². The quantitative estimate of drug-likeness (QED) is 0.168. The molecular formula is C47H34N6. The molecule has 252 valence electrons. The number of para-hydroxylation sites is 3. The van der Waals surface area contributed by atoms with Gasteiger partial charge in [0, 0.05) is 57.4 Å². The van der Waals surface area contributed by atoms with E-state index >= 15 is 0 Å². The minimum absolute atomic E-state index is 0.281. The van der Waals surface area contributed by atoms with Crippen LogP contribution in [0.2, 0.25) is 0 Å². The van der Waals surface area contributed by atoms with Crippen LogP contribution in [-0.4, -0.2) is 19.9 Å². The molecule has 0 saturated carbocycles. The van der Waals surface area contributed by atoms with E-state index in [9.17, 15) is 0 Å². The van der Waals surface area contributed by atoms with Crippen LogP contribution in [0.5, 0.6) is 0 Å². The number of hydrogen-bond donors (Lipinski definition) is 0. The number of anilines is 6. The Hall–Kier alpha value is -6.92.